The first-order chi connectivity index (χ1) is 16.7. The number of aromatic amines is 1. The van der Waals surface area contributed by atoms with Crippen molar-refractivity contribution in [1.29, 1.82) is 0 Å². The van der Waals surface area contributed by atoms with Gasteiger partial charge in [-0.25, -0.2) is 8.78 Å². The van der Waals surface area contributed by atoms with Gasteiger partial charge in [0.1, 0.15) is 18.0 Å². The van der Waals surface area contributed by atoms with Crippen molar-refractivity contribution in [2.24, 2.45) is 0 Å². The zero-order valence-electron chi connectivity index (χ0n) is 19.6. The average Bonchev–Trinajstić information content (AvgIpc) is 3.23. The number of likely N-dealkylation sites (N-methyl/N-ethyl adjacent to an activating group) is 1. The second-order valence-corrected chi connectivity index (χ2v) is 8.15. The Kier molecular flexibility index (Phi) is 8.77. The average molecular weight is 487 g/mol. The molecule has 0 spiro atoms. The highest BCUT2D eigenvalue weighted by molar-refractivity contribution is 5.90. The number of nitrogens with one attached hydrogen (secondary N) is 2. The number of allylic oxidation sites excluding steroid dienone is 1. The first-order valence-corrected chi connectivity index (χ1v) is 11.1. The lowest BCUT2D eigenvalue weighted by molar-refractivity contribution is -0.123. The van der Waals surface area contributed by atoms with Gasteiger partial charge in [-0.2, -0.15) is 0 Å². The molecule has 3 aromatic rings. The van der Waals surface area contributed by atoms with Crippen LogP contribution >= 0.6 is 0 Å². The number of alkyl halides is 2. The molecule has 1 aromatic carbocycles. The fourth-order valence-corrected chi connectivity index (χ4v) is 3.41. The van der Waals surface area contributed by atoms with Gasteiger partial charge >= 0.3 is 0 Å². The molecule has 0 unspecified atom stereocenters. The fourth-order valence-electron chi connectivity index (χ4n) is 3.41. The predicted octanol–water partition coefficient (Wildman–Crippen LogP) is 3.78. The first kappa shape index (κ1) is 25.7. The van der Waals surface area contributed by atoms with Gasteiger partial charge in [-0.15, -0.1) is 0 Å². The number of amides is 2. The molecule has 0 bridgehead atoms. The summed E-state index contributed by atoms with van der Waals surface area (Å²) in [5.41, 5.74) is 1.04. The molecule has 35 heavy (non-hydrogen) atoms. The Balaban J connectivity index is 1.63. The summed E-state index contributed by atoms with van der Waals surface area (Å²) < 4.78 is 31.7. The van der Waals surface area contributed by atoms with Gasteiger partial charge in [-0.3, -0.25) is 14.4 Å². The summed E-state index contributed by atoms with van der Waals surface area (Å²) in [5, 5.41) is 3.41. The van der Waals surface area contributed by atoms with Crippen molar-refractivity contribution in [2.45, 2.75) is 32.2 Å². The number of fused-ring (bicyclic) bond motifs is 1. The quantitative estimate of drug-likeness (QED) is 0.319. The third-order valence-corrected chi connectivity index (χ3v) is 5.15. The molecule has 3 rings (SSSR count). The Bertz CT molecular complexity index is 1260. The van der Waals surface area contributed by atoms with E-state index in [4.69, 9.17) is 4.74 Å². The van der Waals surface area contributed by atoms with Gasteiger partial charge in [0.2, 0.25) is 11.8 Å². The summed E-state index contributed by atoms with van der Waals surface area (Å²) in [4.78, 5) is 41.2. The number of carbonyl (C=O) groups excluding carboxylic acids is 2. The molecule has 8 nitrogen and oxygen atoms in total. The second-order valence-electron chi connectivity index (χ2n) is 8.15. The number of unbranched alkanes of at least 4 members (excludes halogenated alkanes) is 1. The van der Waals surface area contributed by atoms with E-state index in [-0.39, 0.29) is 36.0 Å². The molecule has 2 aromatic heterocycles. The predicted molar refractivity (Wildman–Crippen MR) is 130 cm³/mol. The lowest BCUT2D eigenvalue weighted by Gasteiger charge is -2.09. The standard InChI is InChI=1S/C25H28F2N4O4/c1-30(2)23(33)12-5-3-4-11-22(32)29-19-9-7-13-31(25(19)34)15-18-14-17-8-6-10-20(24(17)28-18)35-16-21(26)27/h5-10,12-14,21,28H,3-4,11,15-16H2,1-2H3,(H,29,32)/b12-5+. The number of benzene rings is 1. The molecular formula is C25H28F2N4O4. The van der Waals surface area contributed by atoms with E-state index in [0.29, 0.717) is 29.8 Å². The summed E-state index contributed by atoms with van der Waals surface area (Å²) in [6, 6.07) is 10.1. The molecule has 0 fully saturated rings. The number of hydrogen-bond donors (Lipinski definition) is 2. The van der Waals surface area contributed by atoms with Crippen LogP contribution in [-0.4, -0.2) is 53.4 Å². The summed E-state index contributed by atoms with van der Waals surface area (Å²) in [5.74, 6) is -0.104. The van der Waals surface area contributed by atoms with E-state index in [1.807, 2.05) is 12.1 Å². The molecule has 0 saturated heterocycles. The first-order valence-electron chi connectivity index (χ1n) is 11.1. The van der Waals surface area contributed by atoms with Crippen LogP contribution in [-0.2, 0) is 16.1 Å². The van der Waals surface area contributed by atoms with E-state index in [1.165, 1.54) is 21.6 Å². The minimum absolute atomic E-state index is 0.119. The zero-order chi connectivity index (χ0) is 25.4. The number of carbonyl (C=O) groups is 2. The molecule has 2 N–H and O–H groups in total. The van der Waals surface area contributed by atoms with Crippen LogP contribution in [0.3, 0.4) is 0 Å². The van der Waals surface area contributed by atoms with Crippen LogP contribution in [0.5, 0.6) is 5.75 Å². The number of aromatic nitrogens is 2. The van der Waals surface area contributed by atoms with E-state index in [2.05, 4.69) is 10.3 Å². The zero-order valence-corrected chi connectivity index (χ0v) is 19.6. The van der Waals surface area contributed by atoms with Crippen LogP contribution in [0.4, 0.5) is 14.5 Å². The van der Waals surface area contributed by atoms with Crippen LogP contribution in [0.1, 0.15) is 25.0 Å². The number of pyridine rings is 1. The smallest absolute Gasteiger partial charge is 0.274 e. The van der Waals surface area contributed by atoms with Crippen LogP contribution in [0.15, 0.2) is 59.5 Å². The monoisotopic (exact) mass is 486 g/mol. The van der Waals surface area contributed by atoms with Crippen molar-refractivity contribution in [2.75, 3.05) is 26.0 Å². The Morgan fingerprint density at radius 3 is 2.77 bits per heavy atom. The highest BCUT2D eigenvalue weighted by Crippen LogP contribution is 2.26. The summed E-state index contributed by atoms with van der Waals surface area (Å²) >= 11 is 0. The van der Waals surface area contributed by atoms with E-state index in [9.17, 15) is 23.2 Å². The van der Waals surface area contributed by atoms with Gasteiger partial charge < -0.3 is 24.5 Å². The minimum Gasteiger partial charge on any atom is -0.485 e. The molecule has 186 valence electrons. The SMILES string of the molecule is CN(C)C(=O)/C=C/CCCC(=O)Nc1cccn(Cc2cc3cccc(OCC(F)F)c3[nH]2)c1=O. The second kappa shape index (κ2) is 12.0. The topological polar surface area (TPSA) is 96.4 Å². The molecule has 0 aliphatic heterocycles. The lowest BCUT2D eigenvalue weighted by atomic mass is 10.2. The maximum Gasteiger partial charge on any atom is 0.274 e. The normalized spacial score (nSPS) is 11.3. The van der Waals surface area contributed by atoms with Gasteiger partial charge in [-0.05, 0) is 43.2 Å². The van der Waals surface area contributed by atoms with Crippen LogP contribution in [0.25, 0.3) is 10.9 Å². The van der Waals surface area contributed by atoms with E-state index in [1.54, 1.807) is 44.6 Å². The molecule has 0 radical (unpaired) electrons. The number of halogens is 2. The number of rotatable bonds is 11. The summed E-state index contributed by atoms with van der Waals surface area (Å²) in [6.07, 6.45) is 3.51. The molecule has 2 heterocycles. The van der Waals surface area contributed by atoms with Crippen molar-refractivity contribution in [1.82, 2.24) is 14.5 Å². The molecule has 0 aliphatic carbocycles. The van der Waals surface area contributed by atoms with Crippen molar-refractivity contribution < 1.29 is 23.1 Å². The molecule has 10 heteroatoms. The number of para-hydroxylation sites is 1. The fraction of sp³-hybridized carbons (Fsp3) is 0.320. The molecule has 2 amide bonds. The molecular weight excluding hydrogens is 458 g/mol. The highest BCUT2D eigenvalue weighted by Gasteiger charge is 2.12. The summed E-state index contributed by atoms with van der Waals surface area (Å²) in [7, 11) is 3.32. The Morgan fingerprint density at radius 2 is 2.03 bits per heavy atom. The maximum absolute atomic E-state index is 12.9. The largest absolute Gasteiger partial charge is 0.485 e. The highest BCUT2D eigenvalue weighted by atomic mass is 19.3. The van der Waals surface area contributed by atoms with Gasteiger partial charge in [0.25, 0.3) is 12.0 Å². The van der Waals surface area contributed by atoms with Gasteiger partial charge in [0, 0.05) is 37.8 Å². The van der Waals surface area contributed by atoms with E-state index >= 15 is 0 Å². The third-order valence-electron chi connectivity index (χ3n) is 5.15. The van der Waals surface area contributed by atoms with Gasteiger partial charge in [0.15, 0.2) is 0 Å². The van der Waals surface area contributed by atoms with Gasteiger partial charge in [0.05, 0.1) is 12.1 Å². The minimum atomic E-state index is -2.58. The Labute approximate surface area is 201 Å². The van der Waals surface area contributed by atoms with Crippen molar-refractivity contribution in [3.63, 3.8) is 0 Å². The Hall–Kier alpha value is -3.95. The molecule has 0 aliphatic rings. The lowest BCUT2D eigenvalue weighted by Crippen LogP contribution is -2.25. The van der Waals surface area contributed by atoms with E-state index < -0.39 is 13.0 Å². The molecule has 0 atom stereocenters. The number of H-pyrrole nitrogens is 1. The van der Waals surface area contributed by atoms with Crippen molar-refractivity contribution in [3.8, 4) is 5.75 Å². The third kappa shape index (κ3) is 7.26. The number of hydrogen-bond acceptors (Lipinski definition) is 4. The van der Waals surface area contributed by atoms with Crippen LogP contribution < -0.4 is 15.6 Å². The van der Waals surface area contributed by atoms with Crippen molar-refractivity contribution in [3.05, 3.63) is 70.8 Å². The maximum atomic E-state index is 12.9. The van der Waals surface area contributed by atoms with Crippen LogP contribution in [0, 0.1) is 0 Å². The van der Waals surface area contributed by atoms with E-state index in [0.717, 1.165) is 5.39 Å². The van der Waals surface area contributed by atoms with Crippen LogP contribution in [0.2, 0.25) is 0 Å². The Morgan fingerprint density at radius 1 is 1.23 bits per heavy atom. The van der Waals surface area contributed by atoms with Crippen molar-refractivity contribution >= 4 is 28.4 Å². The number of nitrogens with zero attached hydrogens (tertiary/aromatic N) is 2. The molecule has 0 saturated carbocycles. The number of anilines is 1. The van der Waals surface area contributed by atoms with Gasteiger partial charge in [-0.1, -0.05) is 18.2 Å². The number of ether oxygens (including phenoxy) is 1. The summed E-state index contributed by atoms with van der Waals surface area (Å²) in [6.45, 7) is -0.518.